The Morgan fingerprint density at radius 2 is 1.84 bits per heavy atom. The molecule has 0 radical (unpaired) electrons. The van der Waals surface area contributed by atoms with Crippen molar-refractivity contribution in [1.29, 1.82) is 0 Å². The zero-order chi connectivity index (χ0) is 22.4. The molecule has 2 heterocycles. The molecule has 2 aromatic rings. The van der Waals surface area contributed by atoms with Gasteiger partial charge < -0.3 is 10.6 Å². The molecule has 0 unspecified atom stereocenters. The van der Waals surface area contributed by atoms with Gasteiger partial charge in [0, 0.05) is 25.7 Å². The fourth-order valence-electron chi connectivity index (χ4n) is 3.80. The van der Waals surface area contributed by atoms with Gasteiger partial charge in [-0.05, 0) is 38.7 Å². The Kier molecular flexibility index (Phi) is 8.09. The highest BCUT2D eigenvalue weighted by Crippen LogP contribution is 2.22. The van der Waals surface area contributed by atoms with Gasteiger partial charge in [-0.25, -0.2) is 4.68 Å². The first-order valence-corrected chi connectivity index (χ1v) is 11.3. The van der Waals surface area contributed by atoms with Crippen molar-refractivity contribution in [1.82, 2.24) is 25.3 Å². The van der Waals surface area contributed by atoms with Crippen LogP contribution in [0.25, 0.3) is 0 Å². The second-order valence-corrected chi connectivity index (χ2v) is 8.63. The highest BCUT2D eigenvalue weighted by Gasteiger charge is 2.26. The number of rotatable bonds is 8. The number of carbonyl (C=O) groups excluding carboxylic acids is 2. The Morgan fingerprint density at radius 3 is 2.48 bits per heavy atom. The third-order valence-electron chi connectivity index (χ3n) is 5.61. The fourth-order valence-corrected chi connectivity index (χ4v) is 4.12. The molecule has 1 aliphatic rings. The smallest absolute Gasteiger partial charge is 0.256 e. The number of likely N-dealkylation sites (tertiary alicyclic amines) is 1. The van der Waals surface area contributed by atoms with Crippen LogP contribution in [0.1, 0.15) is 53.4 Å². The molecule has 1 saturated heterocycles. The summed E-state index contributed by atoms with van der Waals surface area (Å²) >= 11 is 6.53. The van der Waals surface area contributed by atoms with E-state index < -0.39 is 0 Å². The summed E-state index contributed by atoms with van der Waals surface area (Å²) in [6.07, 6.45) is 2.55. The van der Waals surface area contributed by atoms with E-state index in [0.717, 1.165) is 37.9 Å². The summed E-state index contributed by atoms with van der Waals surface area (Å²) in [7, 11) is 0. The van der Waals surface area contributed by atoms with Crippen LogP contribution in [-0.4, -0.2) is 58.7 Å². The topological polar surface area (TPSA) is 79.3 Å². The maximum Gasteiger partial charge on any atom is 0.256 e. The van der Waals surface area contributed by atoms with E-state index in [-0.39, 0.29) is 17.9 Å². The molecular weight excluding hydrogens is 414 g/mol. The van der Waals surface area contributed by atoms with Gasteiger partial charge in [-0.1, -0.05) is 48.4 Å². The normalized spacial score (nSPS) is 15.1. The number of carbonyl (C=O) groups is 2. The highest BCUT2D eigenvalue weighted by atomic mass is 35.5. The first kappa shape index (κ1) is 23.3. The first-order chi connectivity index (χ1) is 14.9. The summed E-state index contributed by atoms with van der Waals surface area (Å²) in [6.45, 7) is 9.10. The molecule has 2 N–H and O–H groups in total. The molecule has 31 heavy (non-hydrogen) atoms. The van der Waals surface area contributed by atoms with Crippen molar-refractivity contribution < 1.29 is 9.59 Å². The number of hydrogen-bond acceptors (Lipinski definition) is 4. The molecular formula is C23H32ClN5O2. The van der Waals surface area contributed by atoms with Crippen LogP contribution >= 0.6 is 11.6 Å². The minimum atomic E-state index is -0.184. The zero-order valence-electron chi connectivity index (χ0n) is 18.6. The Labute approximate surface area is 189 Å². The zero-order valence-corrected chi connectivity index (χ0v) is 19.3. The van der Waals surface area contributed by atoms with Crippen LogP contribution in [0.5, 0.6) is 0 Å². The molecule has 3 rings (SSSR count). The number of nitrogens with zero attached hydrogens (tertiary/aromatic N) is 3. The number of halogens is 1. The number of benzene rings is 1. The number of amides is 2. The number of aromatic nitrogens is 2. The van der Waals surface area contributed by atoms with Crippen LogP contribution in [0.2, 0.25) is 5.15 Å². The molecule has 0 saturated carbocycles. The molecule has 0 bridgehead atoms. The van der Waals surface area contributed by atoms with Crippen molar-refractivity contribution in [2.24, 2.45) is 0 Å². The van der Waals surface area contributed by atoms with Gasteiger partial charge in [-0.2, -0.15) is 5.10 Å². The molecule has 2 amide bonds. The summed E-state index contributed by atoms with van der Waals surface area (Å²) in [5.41, 5.74) is 3.34. The summed E-state index contributed by atoms with van der Waals surface area (Å²) in [4.78, 5) is 26.9. The number of nitrogens with one attached hydrogen (secondary N) is 2. The quantitative estimate of drug-likeness (QED) is 0.654. The van der Waals surface area contributed by atoms with Crippen molar-refractivity contribution in [2.75, 3.05) is 26.2 Å². The predicted molar refractivity (Wildman–Crippen MR) is 122 cm³/mol. The van der Waals surface area contributed by atoms with Gasteiger partial charge in [0.15, 0.2) is 0 Å². The summed E-state index contributed by atoms with van der Waals surface area (Å²) < 4.78 is 1.67. The van der Waals surface area contributed by atoms with Crippen molar-refractivity contribution in [2.45, 2.75) is 52.6 Å². The summed E-state index contributed by atoms with van der Waals surface area (Å²) in [6, 6.07) is 8.25. The second-order valence-electron chi connectivity index (χ2n) is 8.27. The average Bonchev–Trinajstić information content (AvgIpc) is 3.02. The maximum atomic E-state index is 12.9. The third-order valence-corrected chi connectivity index (χ3v) is 5.99. The van der Waals surface area contributed by atoms with Crippen LogP contribution in [0.15, 0.2) is 24.3 Å². The van der Waals surface area contributed by atoms with Gasteiger partial charge in [0.1, 0.15) is 5.15 Å². The minimum Gasteiger partial charge on any atom is -0.355 e. The predicted octanol–water partition coefficient (Wildman–Crippen LogP) is 2.92. The van der Waals surface area contributed by atoms with Gasteiger partial charge in [0.25, 0.3) is 5.91 Å². The van der Waals surface area contributed by atoms with E-state index in [9.17, 15) is 9.59 Å². The van der Waals surface area contributed by atoms with Gasteiger partial charge in [0.05, 0.1) is 24.3 Å². The van der Waals surface area contributed by atoms with Crippen LogP contribution < -0.4 is 10.6 Å². The van der Waals surface area contributed by atoms with E-state index in [1.54, 1.807) is 4.68 Å². The van der Waals surface area contributed by atoms with Gasteiger partial charge in [-0.15, -0.1) is 0 Å². The lowest BCUT2D eigenvalue weighted by molar-refractivity contribution is -0.122. The molecule has 168 valence electrons. The Morgan fingerprint density at radius 1 is 1.16 bits per heavy atom. The van der Waals surface area contributed by atoms with E-state index in [2.05, 4.69) is 20.6 Å². The van der Waals surface area contributed by atoms with Crippen LogP contribution in [0, 0.1) is 13.8 Å². The van der Waals surface area contributed by atoms with Gasteiger partial charge >= 0.3 is 0 Å². The lowest BCUT2D eigenvalue weighted by Gasteiger charge is -2.31. The van der Waals surface area contributed by atoms with Crippen molar-refractivity contribution in [3.8, 4) is 0 Å². The SMILES string of the molecule is CCCNC(=O)CN1CCC(NC(=O)c2c(C)nn(Cc3ccc(C)cc3)c2Cl)CC1. The third kappa shape index (κ3) is 6.31. The van der Waals surface area contributed by atoms with Gasteiger partial charge in [-0.3, -0.25) is 14.5 Å². The molecule has 0 atom stereocenters. The van der Waals surface area contributed by atoms with E-state index >= 15 is 0 Å². The molecule has 1 aromatic heterocycles. The van der Waals surface area contributed by atoms with Crippen LogP contribution in [-0.2, 0) is 11.3 Å². The van der Waals surface area contributed by atoms with E-state index in [1.807, 2.05) is 45.0 Å². The van der Waals surface area contributed by atoms with E-state index in [0.29, 0.717) is 36.0 Å². The lowest BCUT2D eigenvalue weighted by atomic mass is 10.0. The first-order valence-electron chi connectivity index (χ1n) is 11.0. The number of piperidine rings is 1. The van der Waals surface area contributed by atoms with E-state index in [4.69, 9.17) is 11.6 Å². The molecule has 1 aromatic carbocycles. The molecule has 1 aliphatic heterocycles. The Bertz CT molecular complexity index is 901. The molecule has 1 fully saturated rings. The van der Waals surface area contributed by atoms with Crippen molar-refractivity contribution in [3.63, 3.8) is 0 Å². The van der Waals surface area contributed by atoms with Crippen LogP contribution in [0.3, 0.4) is 0 Å². The maximum absolute atomic E-state index is 12.9. The second kappa shape index (κ2) is 10.8. The molecule has 0 spiro atoms. The van der Waals surface area contributed by atoms with E-state index in [1.165, 1.54) is 5.56 Å². The summed E-state index contributed by atoms with van der Waals surface area (Å²) in [5, 5.41) is 10.9. The molecule has 0 aliphatic carbocycles. The monoisotopic (exact) mass is 445 g/mol. The number of hydrogen-bond donors (Lipinski definition) is 2. The number of aryl methyl sites for hydroxylation is 2. The standard InChI is InChI=1S/C23H32ClN5O2/c1-4-11-25-20(30)15-28-12-9-19(10-13-28)26-23(31)21-17(3)27-29(22(21)24)14-18-7-5-16(2)6-8-18/h5-8,19H,4,9-15H2,1-3H3,(H,25,30)(H,26,31). The van der Waals surface area contributed by atoms with Gasteiger partial charge in [0.2, 0.25) is 5.91 Å². The average molecular weight is 446 g/mol. The molecule has 8 heteroatoms. The minimum absolute atomic E-state index is 0.0627. The van der Waals surface area contributed by atoms with Crippen molar-refractivity contribution in [3.05, 3.63) is 51.8 Å². The summed E-state index contributed by atoms with van der Waals surface area (Å²) in [5.74, 6) is -0.121. The molecule has 7 nitrogen and oxygen atoms in total. The van der Waals surface area contributed by atoms with Crippen molar-refractivity contribution >= 4 is 23.4 Å². The largest absolute Gasteiger partial charge is 0.355 e. The fraction of sp³-hybridized carbons (Fsp3) is 0.522. The lowest BCUT2D eigenvalue weighted by Crippen LogP contribution is -2.47. The Hall–Kier alpha value is -2.38. The highest BCUT2D eigenvalue weighted by molar-refractivity contribution is 6.33. The Balaban J connectivity index is 1.54. The van der Waals surface area contributed by atoms with Crippen LogP contribution in [0.4, 0.5) is 0 Å².